The molecule has 0 aromatic carbocycles. The van der Waals surface area contributed by atoms with Crippen molar-refractivity contribution in [2.24, 2.45) is 11.8 Å². The second-order valence-electron chi connectivity index (χ2n) is 10.3. The summed E-state index contributed by atoms with van der Waals surface area (Å²) in [6, 6.07) is 2.25. The van der Waals surface area contributed by atoms with Crippen molar-refractivity contribution in [2.75, 3.05) is 13.1 Å². The average Bonchev–Trinajstić information content (AvgIpc) is 3.50. The van der Waals surface area contributed by atoms with Crippen LogP contribution in [0.4, 0.5) is 0 Å². The molecule has 168 valence electrons. The largest absolute Gasteiger partial charge is 0.346 e. The number of pyridine rings is 1. The first-order valence-electron chi connectivity index (χ1n) is 12.2. The predicted octanol–water partition coefficient (Wildman–Crippen LogP) is 6.17. The fraction of sp³-hybridized carbons (Fsp3) is 0.538. The minimum atomic E-state index is 0.450. The predicted molar refractivity (Wildman–Crippen MR) is 133 cm³/mol. The Bertz CT molecular complexity index is 1280. The van der Waals surface area contributed by atoms with E-state index in [0.29, 0.717) is 5.92 Å². The van der Waals surface area contributed by atoms with Gasteiger partial charge in [0.1, 0.15) is 11.2 Å². The van der Waals surface area contributed by atoms with Crippen LogP contribution in [0.3, 0.4) is 0 Å². The number of thiophene rings is 1. The fourth-order valence-corrected chi connectivity index (χ4v) is 7.83. The summed E-state index contributed by atoms with van der Waals surface area (Å²) in [4.78, 5) is 11.2. The number of aromatic amines is 1. The van der Waals surface area contributed by atoms with Gasteiger partial charge >= 0.3 is 0 Å². The van der Waals surface area contributed by atoms with Gasteiger partial charge in [0, 0.05) is 22.0 Å². The minimum Gasteiger partial charge on any atom is -0.346 e. The smallest absolute Gasteiger partial charge is 0.158 e. The van der Waals surface area contributed by atoms with Crippen molar-refractivity contribution < 1.29 is 0 Å². The van der Waals surface area contributed by atoms with Gasteiger partial charge in [-0.2, -0.15) is 5.10 Å². The van der Waals surface area contributed by atoms with Crippen LogP contribution in [0, 0.1) is 25.7 Å². The third kappa shape index (κ3) is 3.14. The molecule has 6 rings (SSSR count). The van der Waals surface area contributed by atoms with E-state index in [1.54, 1.807) is 11.2 Å². The topological polar surface area (TPSA) is 58.0 Å². The van der Waals surface area contributed by atoms with Crippen molar-refractivity contribution >= 4 is 27.2 Å². The Morgan fingerprint density at radius 2 is 2.03 bits per heavy atom. The van der Waals surface area contributed by atoms with Crippen LogP contribution in [-0.4, -0.2) is 32.7 Å². The van der Waals surface area contributed by atoms with Crippen molar-refractivity contribution in [3.63, 3.8) is 0 Å². The number of nitrogens with one attached hydrogen (secondary N) is 2. The molecular weight excluding hydrogens is 414 g/mol. The lowest BCUT2D eigenvalue weighted by Gasteiger charge is -2.14. The summed E-state index contributed by atoms with van der Waals surface area (Å²) in [6.45, 7) is 11.6. The first kappa shape index (κ1) is 20.4. The summed E-state index contributed by atoms with van der Waals surface area (Å²) in [5.41, 5.74) is 7.50. The molecule has 0 spiro atoms. The van der Waals surface area contributed by atoms with Gasteiger partial charge in [0.05, 0.1) is 5.69 Å². The van der Waals surface area contributed by atoms with E-state index in [0.717, 1.165) is 29.0 Å². The summed E-state index contributed by atoms with van der Waals surface area (Å²) in [6.07, 6.45) is 9.23. The minimum absolute atomic E-state index is 0.450. The zero-order valence-electron chi connectivity index (χ0n) is 19.5. The lowest BCUT2D eigenvalue weighted by atomic mass is 9.92. The van der Waals surface area contributed by atoms with Crippen LogP contribution >= 0.6 is 11.3 Å². The van der Waals surface area contributed by atoms with Crippen LogP contribution in [0.1, 0.15) is 72.9 Å². The zero-order valence-corrected chi connectivity index (χ0v) is 20.4. The van der Waals surface area contributed by atoms with E-state index in [-0.39, 0.29) is 0 Å². The molecule has 1 aliphatic heterocycles. The van der Waals surface area contributed by atoms with Crippen molar-refractivity contribution in [1.82, 2.24) is 24.9 Å². The molecule has 5 nitrogen and oxygen atoms in total. The van der Waals surface area contributed by atoms with E-state index in [4.69, 9.17) is 0 Å². The van der Waals surface area contributed by atoms with Crippen LogP contribution in [0.25, 0.3) is 27.1 Å². The molecule has 2 N–H and O–H groups in total. The van der Waals surface area contributed by atoms with Crippen molar-refractivity contribution in [3.05, 3.63) is 40.2 Å². The maximum atomic E-state index is 4.40. The standard InChI is InChI=1S/C26H33N5S/c1-14(2)21-22-16(4)24(18-9-17-6-5-7-27-11-19(17)10-18)32-26(22)30-23(21)20-8-15(3)25-28-13-29-31(25)12-20/h8,12-14,17-19,27,30H,5-7,9-11H2,1-4H3/t17-,18+,19+/m0/s1. The number of aryl methyl sites for hydroxylation is 2. The summed E-state index contributed by atoms with van der Waals surface area (Å²) in [5, 5.41) is 9.54. The molecule has 5 heterocycles. The van der Waals surface area contributed by atoms with Gasteiger partial charge in [-0.1, -0.05) is 13.8 Å². The molecule has 4 aromatic rings. The number of hydrogen-bond donors (Lipinski definition) is 2. The van der Waals surface area contributed by atoms with Crippen molar-refractivity contribution in [3.8, 4) is 11.3 Å². The molecule has 3 atom stereocenters. The van der Waals surface area contributed by atoms with Crippen LogP contribution in [0.5, 0.6) is 0 Å². The molecule has 0 bridgehead atoms. The molecule has 0 amide bonds. The number of rotatable bonds is 3. The summed E-state index contributed by atoms with van der Waals surface area (Å²) < 4.78 is 1.90. The molecule has 0 unspecified atom stereocenters. The van der Waals surface area contributed by atoms with Gasteiger partial charge in [-0.3, -0.25) is 0 Å². The van der Waals surface area contributed by atoms with E-state index in [1.807, 2.05) is 15.9 Å². The first-order chi connectivity index (χ1) is 15.5. The summed E-state index contributed by atoms with van der Waals surface area (Å²) in [5.74, 6) is 2.95. The molecule has 6 heteroatoms. The molecule has 32 heavy (non-hydrogen) atoms. The number of H-pyrrole nitrogens is 1. The van der Waals surface area contributed by atoms with Gasteiger partial charge in [0.25, 0.3) is 0 Å². The normalized spacial score (nSPS) is 24.0. The highest BCUT2D eigenvalue weighted by atomic mass is 32.1. The highest BCUT2D eigenvalue weighted by Crippen LogP contribution is 2.51. The Kier molecular flexibility index (Phi) is 4.92. The lowest BCUT2D eigenvalue weighted by molar-refractivity contribution is 0.383. The van der Waals surface area contributed by atoms with E-state index in [1.165, 1.54) is 71.4 Å². The molecule has 0 radical (unpaired) electrons. The number of fused-ring (bicyclic) bond motifs is 3. The van der Waals surface area contributed by atoms with Crippen molar-refractivity contribution in [2.45, 2.75) is 65.2 Å². The molecule has 1 saturated carbocycles. The van der Waals surface area contributed by atoms with Crippen LogP contribution in [-0.2, 0) is 0 Å². The zero-order chi connectivity index (χ0) is 22.0. The fourth-order valence-electron chi connectivity index (χ4n) is 6.48. The van der Waals surface area contributed by atoms with Gasteiger partial charge in [0.2, 0.25) is 0 Å². The van der Waals surface area contributed by atoms with Crippen LogP contribution in [0.2, 0.25) is 0 Å². The third-order valence-corrected chi connectivity index (χ3v) is 9.30. The molecule has 1 aliphatic carbocycles. The lowest BCUT2D eigenvalue weighted by Crippen LogP contribution is -2.21. The maximum absolute atomic E-state index is 4.40. The second-order valence-corrected chi connectivity index (χ2v) is 11.4. The van der Waals surface area contributed by atoms with Gasteiger partial charge in [-0.05, 0) is 99.0 Å². The van der Waals surface area contributed by atoms with E-state index >= 15 is 0 Å². The van der Waals surface area contributed by atoms with E-state index in [2.05, 4.69) is 60.3 Å². The third-order valence-electron chi connectivity index (χ3n) is 7.93. The second kappa shape index (κ2) is 7.70. The highest BCUT2D eigenvalue weighted by molar-refractivity contribution is 7.19. The Hall–Kier alpha value is -2.18. The molecule has 2 fully saturated rings. The molecule has 1 saturated heterocycles. The van der Waals surface area contributed by atoms with Gasteiger partial charge in [-0.25, -0.2) is 9.50 Å². The first-order valence-corrected chi connectivity index (χ1v) is 13.0. The Balaban J connectivity index is 1.44. The monoisotopic (exact) mass is 447 g/mol. The van der Waals surface area contributed by atoms with E-state index < -0.39 is 0 Å². The Labute approximate surface area is 193 Å². The van der Waals surface area contributed by atoms with Crippen LogP contribution in [0.15, 0.2) is 18.6 Å². The summed E-state index contributed by atoms with van der Waals surface area (Å²) >= 11 is 2.02. The molecule has 4 aromatic heterocycles. The van der Waals surface area contributed by atoms with E-state index in [9.17, 15) is 0 Å². The maximum Gasteiger partial charge on any atom is 0.158 e. The average molecular weight is 448 g/mol. The Morgan fingerprint density at radius 3 is 2.88 bits per heavy atom. The molecule has 2 aliphatic rings. The van der Waals surface area contributed by atoms with Gasteiger partial charge < -0.3 is 10.3 Å². The quantitative estimate of drug-likeness (QED) is 0.395. The SMILES string of the molecule is Cc1c([C@@H]2C[C@@H]3CCCNC[C@H]3C2)sc2[nH]c(-c3cc(C)c4ncnn4c3)c(C(C)C)c12. The highest BCUT2D eigenvalue weighted by Gasteiger charge is 2.37. The number of aromatic nitrogens is 4. The Morgan fingerprint density at radius 1 is 1.19 bits per heavy atom. The van der Waals surface area contributed by atoms with Crippen LogP contribution < -0.4 is 5.32 Å². The molecular formula is C26H33N5S. The number of hydrogen-bond acceptors (Lipinski definition) is 4. The number of nitrogens with zero attached hydrogens (tertiary/aromatic N) is 3. The summed E-state index contributed by atoms with van der Waals surface area (Å²) in [7, 11) is 0. The van der Waals surface area contributed by atoms with Crippen molar-refractivity contribution in [1.29, 1.82) is 0 Å². The van der Waals surface area contributed by atoms with Gasteiger partial charge in [-0.15, -0.1) is 11.3 Å². The van der Waals surface area contributed by atoms with Gasteiger partial charge in [0.15, 0.2) is 5.65 Å².